The van der Waals surface area contributed by atoms with Gasteiger partial charge in [0.05, 0.1) is 0 Å². The third-order valence-electron chi connectivity index (χ3n) is 2.10. The van der Waals surface area contributed by atoms with Gasteiger partial charge in [-0.1, -0.05) is 0 Å². The van der Waals surface area contributed by atoms with Crippen molar-refractivity contribution in [1.29, 1.82) is 0 Å². The molecule has 100 valence electrons. The van der Waals surface area contributed by atoms with Crippen molar-refractivity contribution in [2.45, 2.75) is 52.6 Å². The van der Waals surface area contributed by atoms with Crippen LogP contribution in [0, 0.1) is 0 Å². The van der Waals surface area contributed by atoms with E-state index in [-0.39, 0.29) is 12.5 Å². The minimum absolute atomic E-state index is 0.145. The predicted octanol–water partition coefficient (Wildman–Crippen LogP) is 2.50. The molecular formula is C12H23NO4. The second-order valence-corrected chi connectivity index (χ2v) is 4.91. The molecule has 1 N–H and O–H groups in total. The molecule has 5 heteroatoms. The van der Waals surface area contributed by atoms with Crippen LogP contribution in [0.1, 0.15) is 47.0 Å². The zero-order chi connectivity index (χ0) is 13.5. The van der Waals surface area contributed by atoms with E-state index in [2.05, 4.69) is 0 Å². The van der Waals surface area contributed by atoms with E-state index in [9.17, 15) is 9.59 Å². The lowest BCUT2D eigenvalue weighted by Gasteiger charge is -2.26. The van der Waals surface area contributed by atoms with Gasteiger partial charge in [0, 0.05) is 19.5 Å². The Morgan fingerprint density at radius 2 is 1.82 bits per heavy atom. The molecule has 0 bridgehead atoms. The monoisotopic (exact) mass is 245 g/mol. The number of hydrogen-bond acceptors (Lipinski definition) is 3. The van der Waals surface area contributed by atoms with Gasteiger partial charge in [0.2, 0.25) is 0 Å². The first-order chi connectivity index (χ1) is 7.76. The fraction of sp³-hybridized carbons (Fsp3) is 0.833. The normalized spacial score (nSPS) is 11.1. The summed E-state index contributed by atoms with van der Waals surface area (Å²) in [4.78, 5) is 23.6. The first kappa shape index (κ1) is 15.7. The van der Waals surface area contributed by atoms with E-state index in [4.69, 9.17) is 9.84 Å². The molecule has 0 aromatic rings. The fourth-order valence-electron chi connectivity index (χ4n) is 1.28. The molecule has 1 amide bonds. The zero-order valence-corrected chi connectivity index (χ0v) is 11.2. The highest BCUT2D eigenvalue weighted by atomic mass is 16.6. The molecular weight excluding hydrogens is 222 g/mol. The molecule has 17 heavy (non-hydrogen) atoms. The Hall–Kier alpha value is -1.26. The average molecular weight is 245 g/mol. The maximum atomic E-state index is 11.7. The van der Waals surface area contributed by atoms with Crippen molar-refractivity contribution in [1.82, 2.24) is 4.90 Å². The number of rotatable bonds is 6. The molecule has 0 aliphatic rings. The van der Waals surface area contributed by atoms with Crippen molar-refractivity contribution in [3.63, 3.8) is 0 Å². The Balaban J connectivity index is 3.98. The van der Waals surface area contributed by atoms with Crippen LogP contribution < -0.4 is 0 Å². The first-order valence-corrected chi connectivity index (χ1v) is 5.96. The third kappa shape index (κ3) is 8.54. The van der Waals surface area contributed by atoms with Gasteiger partial charge in [0.1, 0.15) is 5.60 Å². The minimum Gasteiger partial charge on any atom is -0.481 e. The molecule has 0 aliphatic heterocycles. The summed E-state index contributed by atoms with van der Waals surface area (Å²) in [7, 11) is 0. The van der Waals surface area contributed by atoms with Gasteiger partial charge in [0.25, 0.3) is 0 Å². The Kier molecular flexibility index (Phi) is 6.61. The second-order valence-electron chi connectivity index (χ2n) is 4.91. The molecule has 0 fully saturated rings. The molecule has 0 aromatic carbocycles. The summed E-state index contributed by atoms with van der Waals surface area (Å²) in [5.74, 6) is -0.801. The van der Waals surface area contributed by atoms with Gasteiger partial charge in [-0.3, -0.25) is 4.79 Å². The summed E-state index contributed by atoms with van der Waals surface area (Å²) in [5, 5.41) is 8.49. The average Bonchev–Trinajstić information content (AvgIpc) is 2.14. The number of ether oxygens (including phenoxy) is 1. The van der Waals surface area contributed by atoms with Crippen LogP contribution in [0.15, 0.2) is 0 Å². The highest BCUT2D eigenvalue weighted by molar-refractivity contribution is 5.68. The summed E-state index contributed by atoms with van der Waals surface area (Å²) in [5.41, 5.74) is -0.494. The maximum absolute atomic E-state index is 11.7. The Morgan fingerprint density at radius 3 is 2.24 bits per heavy atom. The standard InChI is InChI=1S/C12H23NO4/c1-5-13(9-7-6-8-10(14)15)11(16)17-12(2,3)4/h5-9H2,1-4H3,(H,14,15). The quantitative estimate of drug-likeness (QED) is 0.730. The second kappa shape index (κ2) is 7.14. The summed E-state index contributed by atoms with van der Waals surface area (Å²) < 4.78 is 5.24. The predicted molar refractivity (Wildman–Crippen MR) is 65.0 cm³/mol. The van der Waals surface area contributed by atoms with E-state index in [1.54, 1.807) is 4.90 Å². The van der Waals surface area contributed by atoms with E-state index >= 15 is 0 Å². The van der Waals surface area contributed by atoms with Crippen molar-refractivity contribution < 1.29 is 19.4 Å². The van der Waals surface area contributed by atoms with Gasteiger partial charge in [0.15, 0.2) is 0 Å². The van der Waals surface area contributed by atoms with Crippen LogP contribution in [0.5, 0.6) is 0 Å². The molecule has 0 aromatic heterocycles. The molecule has 0 rings (SSSR count). The van der Waals surface area contributed by atoms with Gasteiger partial charge < -0.3 is 14.7 Å². The van der Waals surface area contributed by atoms with Gasteiger partial charge in [-0.05, 0) is 40.5 Å². The molecule has 0 heterocycles. The van der Waals surface area contributed by atoms with E-state index in [1.807, 2.05) is 27.7 Å². The highest BCUT2D eigenvalue weighted by Crippen LogP contribution is 2.10. The zero-order valence-electron chi connectivity index (χ0n) is 11.2. The third-order valence-corrected chi connectivity index (χ3v) is 2.10. The summed E-state index contributed by atoms with van der Waals surface area (Å²) in [6.07, 6.45) is 1.07. The molecule has 0 saturated heterocycles. The number of unbranched alkanes of at least 4 members (excludes halogenated alkanes) is 1. The first-order valence-electron chi connectivity index (χ1n) is 5.96. The van der Waals surface area contributed by atoms with Crippen molar-refractivity contribution in [3.05, 3.63) is 0 Å². The Bertz CT molecular complexity index is 258. The number of carbonyl (C=O) groups excluding carboxylic acids is 1. The van der Waals surface area contributed by atoms with Crippen molar-refractivity contribution in [2.75, 3.05) is 13.1 Å². The van der Waals surface area contributed by atoms with Gasteiger partial charge in [-0.25, -0.2) is 4.79 Å². The fourth-order valence-corrected chi connectivity index (χ4v) is 1.28. The minimum atomic E-state index is -0.801. The van der Waals surface area contributed by atoms with Gasteiger partial charge in [-0.15, -0.1) is 0 Å². The number of hydrogen-bond donors (Lipinski definition) is 1. The number of aliphatic carboxylic acids is 1. The summed E-state index contributed by atoms with van der Waals surface area (Å²) in [6.45, 7) is 8.46. The van der Waals surface area contributed by atoms with E-state index < -0.39 is 11.6 Å². The number of carboxylic acid groups (broad SMARTS) is 1. The van der Waals surface area contributed by atoms with Crippen LogP contribution in [-0.4, -0.2) is 40.8 Å². The van der Waals surface area contributed by atoms with Crippen LogP contribution >= 0.6 is 0 Å². The van der Waals surface area contributed by atoms with E-state index in [0.29, 0.717) is 25.9 Å². The summed E-state index contributed by atoms with van der Waals surface area (Å²) >= 11 is 0. The smallest absolute Gasteiger partial charge is 0.410 e. The Labute approximate surface area is 103 Å². The number of nitrogens with zero attached hydrogens (tertiary/aromatic N) is 1. The molecule has 0 radical (unpaired) electrons. The van der Waals surface area contributed by atoms with Crippen LogP contribution in [0.25, 0.3) is 0 Å². The SMILES string of the molecule is CCN(CCCCC(=O)O)C(=O)OC(C)(C)C. The number of carbonyl (C=O) groups is 2. The van der Waals surface area contributed by atoms with E-state index in [0.717, 1.165) is 0 Å². The molecule has 0 unspecified atom stereocenters. The highest BCUT2D eigenvalue weighted by Gasteiger charge is 2.20. The van der Waals surface area contributed by atoms with Crippen molar-refractivity contribution in [2.24, 2.45) is 0 Å². The molecule has 0 aliphatic carbocycles. The van der Waals surface area contributed by atoms with Crippen LogP contribution in [0.4, 0.5) is 4.79 Å². The van der Waals surface area contributed by atoms with E-state index in [1.165, 1.54) is 0 Å². The van der Waals surface area contributed by atoms with Crippen molar-refractivity contribution >= 4 is 12.1 Å². The van der Waals surface area contributed by atoms with Crippen LogP contribution in [-0.2, 0) is 9.53 Å². The molecule has 5 nitrogen and oxygen atoms in total. The van der Waals surface area contributed by atoms with Gasteiger partial charge in [-0.2, -0.15) is 0 Å². The van der Waals surface area contributed by atoms with Crippen LogP contribution in [0.2, 0.25) is 0 Å². The lowest BCUT2D eigenvalue weighted by molar-refractivity contribution is -0.137. The number of amides is 1. The molecule has 0 atom stereocenters. The lowest BCUT2D eigenvalue weighted by atomic mass is 10.2. The van der Waals surface area contributed by atoms with Crippen LogP contribution in [0.3, 0.4) is 0 Å². The Morgan fingerprint density at radius 1 is 1.24 bits per heavy atom. The number of carboxylic acids is 1. The largest absolute Gasteiger partial charge is 0.481 e. The van der Waals surface area contributed by atoms with Gasteiger partial charge >= 0.3 is 12.1 Å². The summed E-state index contributed by atoms with van der Waals surface area (Å²) in [6, 6.07) is 0. The van der Waals surface area contributed by atoms with Crippen molar-refractivity contribution in [3.8, 4) is 0 Å². The lowest BCUT2D eigenvalue weighted by Crippen LogP contribution is -2.37. The molecule has 0 saturated carbocycles. The maximum Gasteiger partial charge on any atom is 0.410 e. The topological polar surface area (TPSA) is 66.8 Å². The molecule has 0 spiro atoms.